The largest absolute Gasteiger partial charge is 0.462 e. The number of unbranched alkanes of at least 4 members (excludes halogenated alkanes) is 43. The number of esters is 4. The van der Waals surface area contributed by atoms with Crippen molar-refractivity contribution in [1.82, 2.24) is 20.4 Å². The highest BCUT2D eigenvalue weighted by Gasteiger charge is 2.34. The van der Waals surface area contributed by atoms with Crippen LogP contribution < -0.4 is 10.6 Å². The summed E-state index contributed by atoms with van der Waals surface area (Å²) in [5.74, 6) is -0.492. The highest BCUT2D eigenvalue weighted by molar-refractivity contribution is 5.83. The Labute approximate surface area is 720 Å². The van der Waals surface area contributed by atoms with Gasteiger partial charge in [-0.25, -0.2) is 0 Å². The summed E-state index contributed by atoms with van der Waals surface area (Å²) in [6, 6.07) is 0. The Morgan fingerprint density at radius 1 is 0.241 bits per heavy atom. The molecule has 0 aliphatic rings. The Kier molecular flexibility index (Phi) is 76.7. The summed E-state index contributed by atoms with van der Waals surface area (Å²) >= 11 is 0. The number of hydrogen-bond acceptors (Lipinski definition) is 12. The van der Waals surface area contributed by atoms with E-state index in [2.05, 4.69) is 89.7 Å². The van der Waals surface area contributed by atoms with Crippen molar-refractivity contribution in [3.8, 4) is 0 Å². The number of ether oxygens (including phenoxy) is 4. The van der Waals surface area contributed by atoms with E-state index in [9.17, 15) is 28.8 Å². The molecule has 0 heterocycles. The van der Waals surface area contributed by atoms with Gasteiger partial charge in [0, 0.05) is 45.4 Å². The molecule has 0 aliphatic carbocycles. The molecule has 0 saturated heterocycles. The molecule has 2 amide bonds. The lowest BCUT2D eigenvalue weighted by molar-refractivity contribution is -0.161. The zero-order chi connectivity index (χ0) is 85.7. The van der Waals surface area contributed by atoms with Gasteiger partial charge in [-0.2, -0.15) is 0 Å². The first-order valence-corrected chi connectivity index (χ1v) is 50.9. The van der Waals surface area contributed by atoms with Crippen molar-refractivity contribution in [2.24, 2.45) is 16.2 Å². The molecule has 0 aliphatic heterocycles. The van der Waals surface area contributed by atoms with E-state index >= 15 is 0 Å². The van der Waals surface area contributed by atoms with Gasteiger partial charge in [-0.1, -0.05) is 325 Å². The van der Waals surface area contributed by atoms with Crippen LogP contribution in [0.2, 0.25) is 0 Å². The normalized spacial score (nSPS) is 12.7. The van der Waals surface area contributed by atoms with Crippen molar-refractivity contribution in [3.05, 3.63) is 0 Å². The quantitative estimate of drug-likeness (QED) is 0.0336. The number of nitrogens with one attached hydrogen (secondary N) is 2. The third-order valence-corrected chi connectivity index (χ3v) is 25.0. The topological polar surface area (TPSA) is 170 Å². The van der Waals surface area contributed by atoms with Crippen LogP contribution in [-0.4, -0.2) is 122 Å². The first-order valence-electron chi connectivity index (χ1n) is 50.9. The van der Waals surface area contributed by atoms with Crippen molar-refractivity contribution in [3.63, 3.8) is 0 Å². The number of nitrogens with zero attached hydrogens (tertiary/aromatic N) is 2. The van der Waals surface area contributed by atoms with Gasteiger partial charge in [0.05, 0.1) is 16.2 Å². The molecule has 1 unspecified atom stereocenters. The van der Waals surface area contributed by atoms with E-state index in [1.165, 1.54) is 218 Å². The van der Waals surface area contributed by atoms with Crippen LogP contribution in [0, 0.1) is 16.2 Å². The average Bonchev–Trinajstić information content (AvgIpc) is 0.882. The van der Waals surface area contributed by atoms with Crippen LogP contribution in [0.15, 0.2) is 0 Å². The van der Waals surface area contributed by atoms with Gasteiger partial charge in [-0.15, -0.1) is 0 Å². The van der Waals surface area contributed by atoms with E-state index in [0.717, 1.165) is 219 Å². The third kappa shape index (κ3) is 68.3. The van der Waals surface area contributed by atoms with Crippen molar-refractivity contribution in [2.75, 3.05) is 52.4 Å². The number of amides is 2. The Hall–Kier alpha value is -3.26. The van der Waals surface area contributed by atoms with E-state index in [0.29, 0.717) is 32.6 Å². The lowest BCUT2D eigenvalue weighted by atomic mass is 9.86. The molecule has 14 nitrogen and oxygen atoms in total. The van der Waals surface area contributed by atoms with Gasteiger partial charge in [0.25, 0.3) is 0 Å². The van der Waals surface area contributed by atoms with Crippen LogP contribution in [0.5, 0.6) is 0 Å². The van der Waals surface area contributed by atoms with Gasteiger partial charge in [-0.3, -0.25) is 28.8 Å². The van der Waals surface area contributed by atoms with E-state index in [1.54, 1.807) is 0 Å². The standard InChI is InChI=1S/C102H198N4O10/c1-15-23-29-35-41-43-50-56-70-90(21-7)114-97(110)101(11,12)80-64-68-86-105(84-66-54-45-52-62-76-96(109)113-92(72-58-46-37-31-25-17-3)73-59-47-38-32-26-18-4)88-82-103-94(107)77-78-95(108)104-83-89-106(87-69-65-81-102(13,14)98(111)115-91(22-8)71-57-51-44-42-36-30-24-16-2)85-67-55-53-63-79-100(9,10)99(112)116-93(74-60-48-39-33-27-19-5)75-61-49-40-34-28-20-6/h90-93H,15-89H2,1-14H3,(H,103,107)(H,104,108)/t90-,91?/m0/s1. The Bertz CT molecular complexity index is 2230. The molecule has 686 valence electrons. The van der Waals surface area contributed by atoms with Gasteiger partial charge in [0.15, 0.2) is 0 Å². The molecule has 0 spiro atoms. The molecule has 0 fully saturated rings. The molecular formula is C102H198N4O10. The molecule has 2 atom stereocenters. The summed E-state index contributed by atoms with van der Waals surface area (Å²) in [6.45, 7) is 36.0. The Balaban J connectivity index is 5.92. The summed E-state index contributed by atoms with van der Waals surface area (Å²) in [5.41, 5.74) is -1.68. The predicted molar refractivity (Wildman–Crippen MR) is 494 cm³/mol. The second-order valence-electron chi connectivity index (χ2n) is 37.9. The van der Waals surface area contributed by atoms with Crippen LogP contribution in [0.4, 0.5) is 0 Å². The molecule has 0 radical (unpaired) electrons. The first-order chi connectivity index (χ1) is 56.1. The maximum Gasteiger partial charge on any atom is 0.311 e. The van der Waals surface area contributed by atoms with Gasteiger partial charge >= 0.3 is 23.9 Å². The minimum atomic E-state index is -0.576. The maximum atomic E-state index is 13.9. The van der Waals surface area contributed by atoms with E-state index < -0.39 is 16.2 Å². The van der Waals surface area contributed by atoms with Gasteiger partial charge in [0.2, 0.25) is 11.8 Å². The highest BCUT2D eigenvalue weighted by Crippen LogP contribution is 2.32. The number of hydrogen-bond donors (Lipinski definition) is 2. The van der Waals surface area contributed by atoms with Crippen LogP contribution in [0.3, 0.4) is 0 Å². The lowest BCUT2D eigenvalue weighted by Crippen LogP contribution is -2.38. The molecule has 14 heteroatoms. The zero-order valence-corrected chi connectivity index (χ0v) is 79.8. The Morgan fingerprint density at radius 3 is 0.741 bits per heavy atom. The average molecular weight is 1640 g/mol. The monoisotopic (exact) mass is 1640 g/mol. The van der Waals surface area contributed by atoms with E-state index in [4.69, 9.17) is 18.9 Å². The molecule has 116 heavy (non-hydrogen) atoms. The molecule has 0 rings (SSSR count). The van der Waals surface area contributed by atoms with Crippen molar-refractivity contribution >= 4 is 35.7 Å². The van der Waals surface area contributed by atoms with Crippen molar-refractivity contribution < 1.29 is 47.7 Å². The SMILES string of the molecule is CCCCCCCCCCC(CC)OC(=O)C(C)(C)CCCCN(CCCCCCC(C)(C)C(=O)OC(CCCCCCCC)CCCCCCCC)CCNC(=O)CCC(=O)NCCN(CCCCCCCC(=O)OC(CCCCCCCC)CCCCCCCC)CCCCC(C)(C)C(=O)O[C@@H](CC)CCCCCCCCCC. The second kappa shape index (κ2) is 79.0. The molecule has 0 bridgehead atoms. The van der Waals surface area contributed by atoms with Crippen LogP contribution >= 0.6 is 0 Å². The van der Waals surface area contributed by atoms with Gasteiger partial charge in [0.1, 0.15) is 24.4 Å². The smallest absolute Gasteiger partial charge is 0.311 e. The molecule has 0 aromatic carbocycles. The highest BCUT2D eigenvalue weighted by atomic mass is 16.6. The molecule has 0 aromatic rings. The number of rotatable bonds is 89. The number of carbonyl (C=O) groups excluding carboxylic acids is 6. The van der Waals surface area contributed by atoms with Gasteiger partial charge in [-0.05, 0) is 209 Å². The summed E-state index contributed by atoms with van der Waals surface area (Å²) in [5, 5.41) is 6.30. The minimum absolute atomic E-state index is 0.0118. The minimum Gasteiger partial charge on any atom is -0.462 e. The first kappa shape index (κ1) is 113. The van der Waals surface area contributed by atoms with E-state index in [1.807, 2.05) is 27.7 Å². The molecule has 2 N–H and O–H groups in total. The lowest BCUT2D eigenvalue weighted by Gasteiger charge is -2.27. The number of carbonyl (C=O) groups is 6. The summed E-state index contributed by atoms with van der Waals surface area (Å²) in [6.07, 6.45) is 73.2. The Morgan fingerprint density at radius 2 is 0.457 bits per heavy atom. The van der Waals surface area contributed by atoms with Crippen LogP contribution in [0.25, 0.3) is 0 Å². The molecule has 0 saturated carbocycles. The molecule has 0 aromatic heterocycles. The maximum absolute atomic E-state index is 13.9. The van der Waals surface area contributed by atoms with Crippen molar-refractivity contribution in [1.29, 1.82) is 0 Å². The zero-order valence-electron chi connectivity index (χ0n) is 79.8. The third-order valence-electron chi connectivity index (χ3n) is 25.0. The fourth-order valence-corrected chi connectivity index (χ4v) is 16.3. The fraction of sp³-hybridized carbons (Fsp3) is 0.941. The fourth-order valence-electron chi connectivity index (χ4n) is 16.3. The van der Waals surface area contributed by atoms with Crippen LogP contribution in [0.1, 0.15) is 527 Å². The van der Waals surface area contributed by atoms with E-state index in [-0.39, 0.29) is 72.9 Å². The second-order valence-corrected chi connectivity index (χ2v) is 37.9. The summed E-state index contributed by atoms with van der Waals surface area (Å²) in [7, 11) is 0. The summed E-state index contributed by atoms with van der Waals surface area (Å²) < 4.78 is 24.9. The van der Waals surface area contributed by atoms with Crippen molar-refractivity contribution in [2.45, 2.75) is 552 Å². The van der Waals surface area contributed by atoms with Gasteiger partial charge < -0.3 is 39.4 Å². The summed E-state index contributed by atoms with van der Waals surface area (Å²) in [4.78, 5) is 86.3. The predicted octanol–water partition coefficient (Wildman–Crippen LogP) is 28.8. The molecular weight excluding hydrogens is 1440 g/mol. The van der Waals surface area contributed by atoms with Crippen LogP contribution in [-0.2, 0) is 47.7 Å².